The van der Waals surface area contributed by atoms with Gasteiger partial charge >= 0.3 is 5.69 Å². The van der Waals surface area contributed by atoms with E-state index >= 15 is 0 Å². The highest BCUT2D eigenvalue weighted by molar-refractivity contribution is 6.28. The molecule has 0 saturated heterocycles. The lowest BCUT2D eigenvalue weighted by Gasteiger charge is -2.10. The van der Waals surface area contributed by atoms with Crippen molar-refractivity contribution in [3.05, 3.63) is 81.5 Å². The molecule has 3 rings (SSSR count). The highest BCUT2D eigenvalue weighted by atomic mass is 35.5. The Morgan fingerprint density at radius 1 is 1.23 bits per heavy atom. The van der Waals surface area contributed by atoms with Crippen molar-refractivity contribution in [2.24, 2.45) is 0 Å². The third kappa shape index (κ3) is 4.22. The molecule has 2 aromatic carbocycles. The highest BCUT2D eigenvalue weighted by Crippen LogP contribution is 2.29. The molecule has 1 heterocycles. The van der Waals surface area contributed by atoms with Crippen LogP contribution in [0.25, 0.3) is 0 Å². The van der Waals surface area contributed by atoms with Gasteiger partial charge in [-0.15, -0.1) is 0 Å². The van der Waals surface area contributed by atoms with Gasteiger partial charge in [-0.05, 0) is 29.3 Å². The van der Waals surface area contributed by atoms with Gasteiger partial charge in [-0.25, -0.2) is 9.37 Å². The SMILES string of the molecule is O=[N+]([O-])c1cnc(Cl)nc1Nc1ccc(OCc2ccccc2)cc1F. The fraction of sp³-hybridized carbons (Fsp3) is 0.0588. The van der Waals surface area contributed by atoms with E-state index in [4.69, 9.17) is 16.3 Å². The van der Waals surface area contributed by atoms with Gasteiger partial charge < -0.3 is 10.1 Å². The molecule has 0 bridgehead atoms. The van der Waals surface area contributed by atoms with Crippen LogP contribution >= 0.6 is 11.6 Å². The van der Waals surface area contributed by atoms with E-state index in [9.17, 15) is 14.5 Å². The van der Waals surface area contributed by atoms with Gasteiger partial charge in [-0.2, -0.15) is 4.98 Å². The third-order valence-corrected chi connectivity index (χ3v) is 3.56. The molecule has 7 nitrogen and oxygen atoms in total. The minimum Gasteiger partial charge on any atom is -0.489 e. The van der Waals surface area contributed by atoms with Crippen LogP contribution in [0.5, 0.6) is 5.75 Å². The summed E-state index contributed by atoms with van der Waals surface area (Å²) in [4.78, 5) is 17.6. The standard InChI is InChI=1S/C17H12ClFN4O3/c18-17-20-9-15(23(24)25)16(22-17)21-14-7-6-12(8-13(14)19)26-10-11-4-2-1-3-5-11/h1-9H,10H2,(H,20,21,22). The highest BCUT2D eigenvalue weighted by Gasteiger charge is 2.18. The topological polar surface area (TPSA) is 90.2 Å². The average Bonchev–Trinajstić information content (AvgIpc) is 2.63. The van der Waals surface area contributed by atoms with Crippen molar-refractivity contribution >= 4 is 28.8 Å². The predicted molar refractivity (Wildman–Crippen MR) is 94.2 cm³/mol. The molecule has 1 N–H and O–H groups in total. The Hall–Kier alpha value is -3.26. The van der Waals surface area contributed by atoms with Gasteiger partial charge in [0.1, 0.15) is 24.4 Å². The number of hydrogen-bond donors (Lipinski definition) is 1. The van der Waals surface area contributed by atoms with Crippen LogP contribution in [0.15, 0.2) is 54.7 Å². The molecular weight excluding hydrogens is 363 g/mol. The molecule has 0 saturated carbocycles. The van der Waals surface area contributed by atoms with E-state index in [0.29, 0.717) is 12.4 Å². The molecule has 0 amide bonds. The first kappa shape index (κ1) is 17.6. The van der Waals surface area contributed by atoms with E-state index in [2.05, 4.69) is 15.3 Å². The zero-order valence-corrected chi connectivity index (χ0v) is 14.0. The quantitative estimate of drug-likeness (QED) is 0.388. The fourth-order valence-electron chi connectivity index (χ4n) is 2.13. The Labute approximate surface area is 152 Å². The van der Waals surface area contributed by atoms with Crippen LogP contribution < -0.4 is 10.1 Å². The lowest BCUT2D eigenvalue weighted by molar-refractivity contribution is -0.384. The molecule has 0 aliphatic carbocycles. The van der Waals surface area contributed by atoms with Crippen LogP contribution in [0.2, 0.25) is 5.28 Å². The van der Waals surface area contributed by atoms with Gasteiger partial charge in [-0.1, -0.05) is 30.3 Å². The number of nitrogens with zero attached hydrogens (tertiary/aromatic N) is 3. The summed E-state index contributed by atoms with van der Waals surface area (Å²) in [5.74, 6) is -0.529. The van der Waals surface area contributed by atoms with Crippen molar-refractivity contribution in [1.29, 1.82) is 0 Å². The number of hydrogen-bond acceptors (Lipinski definition) is 6. The number of aromatic nitrogens is 2. The summed E-state index contributed by atoms with van der Waals surface area (Å²) in [7, 11) is 0. The summed E-state index contributed by atoms with van der Waals surface area (Å²) in [5, 5.41) is 13.4. The van der Waals surface area contributed by atoms with Gasteiger partial charge in [0.25, 0.3) is 0 Å². The number of ether oxygens (including phenoxy) is 1. The number of nitro groups is 1. The molecule has 1 aromatic heterocycles. The number of anilines is 2. The van der Waals surface area contributed by atoms with Crippen molar-refractivity contribution in [2.75, 3.05) is 5.32 Å². The van der Waals surface area contributed by atoms with Crippen LogP contribution in [0.4, 0.5) is 21.6 Å². The fourth-order valence-corrected chi connectivity index (χ4v) is 2.27. The van der Waals surface area contributed by atoms with Crippen molar-refractivity contribution in [1.82, 2.24) is 9.97 Å². The van der Waals surface area contributed by atoms with Crippen molar-refractivity contribution in [3.63, 3.8) is 0 Å². The molecule has 0 aliphatic heterocycles. The van der Waals surface area contributed by atoms with Gasteiger partial charge in [0.15, 0.2) is 0 Å². The van der Waals surface area contributed by atoms with E-state index in [1.54, 1.807) is 6.07 Å². The van der Waals surface area contributed by atoms with Crippen LogP contribution in [0, 0.1) is 15.9 Å². The minimum atomic E-state index is -0.687. The van der Waals surface area contributed by atoms with Gasteiger partial charge in [-0.3, -0.25) is 10.1 Å². The first-order valence-corrected chi connectivity index (χ1v) is 7.81. The van der Waals surface area contributed by atoms with Crippen molar-refractivity contribution < 1.29 is 14.1 Å². The first-order chi connectivity index (χ1) is 12.5. The number of rotatable bonds is 6. The van der Waals surface area contributed by atoms with E-state index in [1.165, 1.54) is 12.1 Å². The van der Waals surface area contributed by atoms with Crippen LogP contribution in [0.1, 0.15) is 5.56 Å². The molecule has 0 atom stereocenters. The third-order valence-electron chi connectivity index (χ3n) is 3.38. The van der Waals surface area contributed by atoms with Gasteiger partial charge in [0.2, 0.25) is 11.1 Å². The normalized spacial score (nSPS) is 10.4. The average molecular weight is 375 g/mol. The molecule has 132 valence electrons. The summed E-state index contributed by atoms with van der Waals surface area (Å²) in [6, 6.07) is 13.6. The molecule has 0 spiro atoms. The largest absolute Gasteiger partial charge is 0.489 e. The number of nitrogens with one attached hydrogen (secondary N) is 1. The van der Waals surface area contributed by atoms with Crippen LogP contribution in [-0.2, 0) is 6.61 Å². The van der Waals surface area contributed by atoms with Crippen LogP contribution in [0.3, 0.4) is 0 Å². The lowest BCUT2D eigenvalue weighted by Crippen LogP contribution is -2.03. The van der Waals surface area contributed by atoms with Crippen molar-refractivity contribution in [3.8, 4) is 5.75 Å². The maximum absolute atomic E-state index is 14.3. The van der Waals surface area contributed by atoms with E-state index < -0.39 is 16.4 Å². The van der Waals surface area contributed by atoms with E-state index in [-0.39, 0.29) is 16.8 Å². The number of benzene rings is 2. The summed E-state index contributed by atoms with van der Waals surface area (Å²) in [6.07, 6.45) is 0.951. The predicted octanol–water partition coefficient (Wildman–Crippen LogP) is 4.50. The maximum atomic E-state index is 14.3. The van der Waals surface area contributed by atoms with E-state index in [1.807, 2.05) is 30.3 Å². The zero-order valence-electron chi connectivity index (χ0n) is 13.2. The molecule has 0 unspecified atom stereocenters. The summed E-state index contributed by atoms with van der Waals surface area (Å²) >= 11 is 5.65. The maximum Gasteiger partial charge on any atom is 0.329 e. The van der Waals surface area contributed by atoms with Gasteiger partial charge in [0.05, 0.1) is 10.6 Å². The first-order valence-electron chi connectivity index (χ1n) is 7.43. The smallest absolute Gasteiger partial charge is 0.329 e. The monoisotopic (exact) mass is 374 g/mol. The van der Waals surface area contributed by atoms with Crippen LogP contribution in [-0.4, -0.2) is 14.9 Å². The summed E-state index contributed by atoms with van der Waals surface area (Å²) in [5.41, 5.74) is 0.523. The lowest BCUT2D eigenvalue weighted by atomic mass is 10.2. The second-order valence-electron chi connectivity index (χ2n) is 5.17. The van der Waals surface area contributed by atoms with E-state index in [0.717, 1.165) is 11.8 Å². The molecule has 0 fully saturated rings. The van der Waals surface area contributed by atoms with Gasteiger partial charge in [0, 0.05) is 6.07 Å². The Bertz CT molecular complexity index is 941. The Morgan fingerprint density at radius 2 is 2.00 bits per heavy atom. The molecule has 3 aromatic rings. The summed E-state index contributed by atoms with van der Waals surface area (Å²) < 4.78 is 19.8. The second kappa shape index (κ2) is 7.75. The zero-order chi connectivity index (χ0) is 18.5. The number of halogens is 2. The molecular formula is C17H12ClFN4O3. The molecule has 26 heavy (non-hydrogen) atoms. The second-order valence-corrected chi connectivity index (χ2v) is 5.51. The Morgan fingerprint density at radius 3 is 2.69 bits per heavy atom. The molecule has 0 radical (unpaired) electrons. The molecule has 9 heteroatoms. The Kier molecular flexibility index (Phi) is 5.23. The molecule has 0 aliphatic rings. The van der Waals surface area contributed by atoms with Crippen molar-refractivity contribution in [2.45, 2.75) is 6.61 Å². The summed E-state index contributed by atoms with van der Waals surface area (Å²) in [6.45, 7) is 0.292. The Balaban J connectivity index is 1.76. The minimum absolute atomic E-state index is 0.00470.